The van der Waals surface area contributed by atoms with Crippen LogP contribution in [0.3, 0.4) is 0 Å². The molecule has 1 aromatic heterocycles. The average molecular weight is 452 g/mol. The first-order valence-electron chi connectivity index (χ1n) is 10.2. The molecule has 0 bridgehead atoms. The van der Waals surface area contributed by atoms with Gasteiger partial charge in [0.15, 0.2) is 11.6 Å². The summed E-state index contributed by atoms with van der Waals surface area (Å²) < 4.78 is 54.0. The van der Waals surface area contributed by atoms with E-state index >= 15 is 4.39 Å². The van der Waals surface area contributed by atoms with Crippen LogP contribution in [0.2, 0.25) is 0 Å². The van der Waals surface area contributed by atoms with Gasteiger partial charge in [-0.3, -0.25) is 4.79 Å². The molecule has 3 rings (SSSR count). The van der Waals surface area contributed by atoms with Gasteiger partial charge in [0, 0.05) is 13.5 Å². The van der Waals surface area contributed by atoms with Crippen LogP contribution in [0.15, 0.2) is 35.6 Å². The monoisotopic (exact) mass is 452 g/mol. The number of carbonyl (C=O) groups excluding carboxylic acids is 1. The van der Waals surface area contributed by atoms with Gasteiger partial charge in [-0.15, -0.1) is 0 Å². The van der Waals surface area contributed by atoms with Crippen molar-refractivity contribution in [3.8, 4) is 0 Å². The minimum atomic E-state index is -4.42. The highest BCUT2D eigenvalue weighted by molar-refractivity contribution is 5.96. The lowest BCUT2D eigenvalue weighted by Crippen LogP contribution is -2.36. The molecule has 0 saturated carbocycles. The number of halogens is 4. The van der Waals surface area contributed by atoms with E-state index in [2.05, 4.69) is 20.3 Å². The number of nitrogens with one attached hydrogen (secondary N) is 1. The molecule has 2 unspecified atom stereocenters. The zero-order valence-corrected chi connectivity index (χ0v) is 17.7. The Kier molecular flexibility index (Phi) is 6.95. The van der Waals surface area contributed by atoms with Gasteiger partial charge >= 0.3 is 6.18 Å². The third-order valence-corrected chi connectivity index (χ3v) is 5.28. The first-order chi connectivity index (χ1) is 15.1. The first-order valence-corrected chi connectivity index (χ1v) is 10.2. The molecular formula is C21H24F4N6O. The van der Waals surface area contributed by atoms with Crippen molar-refractivity contribution in [2.45, 2.75) is 51.4 Å². The largest absolute Gasteiger partial charge is 0.416 e. The number of anilines is 2. The van der Waals surface area contributed by atoms with Crippen LogP contribution in [0.5, 0.6) is 0 Å². The third kappa shape index (κ3) is 5.14. The van der Waals surface area contributed by atoms with Gasteiger partial charge < -0.3 is 16.0 Å². The van der Waals surface area contributed by atoms with Crippen molar-refractivity contribution >= 4 is 23.4 Å². The molecule has 1 aromatic carbocycles. The summed E-state index contributed by atoms with van der Waals surface area (Å²) in [7, 11) is 0. The molecule has 1 aliphatic rings. The number of carbonyl (C=O) groups is 1. The molecule has 2 heterocycles. The fourth-order valence-electron chi connectivity index (χ4n) is 3.73. The molecule has 7 nitrogen and oxygen atoms in total. The van der Waals surface area contributed by atoms with Gasteiger partial charge in [0.25, 0.3) is 0 Å². The molecule has 172 valence electrons. The van der Waals surface area contributed by atoms with Crippen molar-refractivity contribution in [1.29, 1.82) is 0 Å². The number of aromatic nitrogens is 2. The lowest BCUT2D eigenvalue weighted by Gasteiger charge is -2.27. The smallest absolute Gasteiger partial charge is 0.385 e. The van der Waals surface area contributed by atoms with Crippen LogP contribution in [0.4, 0.5) is 29.2 Å². The second-order valence-corrected chi connectivity index (χ2v) is 7.49. The SMILES string of the molecule is CCC(Nc1ncnc(N2CCCC2c2ccc(C(F)(F)F)cc2)c1F)C(N)=NC(C)=O. The number of rotatable bonds is 6. The summed E-state index contributed by atoms with van der Waals surface area (Å²) in [5.41, 5.74) is 5.75. The zero-order valence-electron chi connectivity index (χ0n) is 17.7. The molecule has 1 saturated heterocycles. The number of aliphatic imine (C=N–C) groups is 1. The summed E-state index contributed by atoms with van der Waals surface area (Å²) in [6, 6.07) is 3.95. The number of nitrogens with zero attached hydrogens (tertiary/aromatic N) is 4. The highest BCUT2D eigenvalue weighted by Crippen LogP contribution is 2.38. The normalized spacial score (nSPS) is 18.0. The van der Waals surface area contributed by atoms with E-state index in [1.807, 2.05) is 0 Å². The minimum Gasteiger partial charge on any atom is -0.385 e. The van der Waals surface area contributed by atoms with Crippen LogP contribution in [0.1, 0.15) is 50.3 Å². The number of nitrogens with two attached hydrogens (primary N) is 1. The lowest BCUT2D eigenvalue weighted by molar-refractivity contribution is -0.137. The maximum absolute atomic E-state index is 15.3. The molecule has 0 aliphatic carbocycles. The van der Waals surface area contributed by atoms with Gasteiger partial charge in [-0.05, 0) is 37.0 Å². The van der Waals surface area contributed by atoms with Gasteiger partial charge in [0.1, 0.15) is 12.2 Å². The number of amides is 1. The van der Waals surface area contributed by atoms with E-state index in [0.29, 0.717) is 24.9 Å². The molecule has 3 N–H and O–H groups in total. The Balaban J connectivity index is 1.87. The molecule has 1 amide bonds. The molecule has 1 fully saturated rings. The van der Waals surface area contributed by atoms with Crippen molar-refractivity contribution in [2.75, 3.05) is 16.8 Å². The summed E-state index contributed by atoms with van der Waals surface area (Å²) >= 11 is 0. The maximum atomic E-state index is 15.3. The van der Waals surface area contributed by atoms with Crippen molar-refractivity contribution in [2.24, 2.45) is 10.7 Å². The summed E-state index contributed by atoms with van der Waals surface area (Å²) in [4.78, 5) is 24.6. The van der Waals surface area contributed by atoms with Crippen LogP contribution in [0, 0.1) is 5.82 Å². The zero-order chi connectivity index (χ0) is 23.5. The Labute approximate surface area is 182 Å². The van der Waals surface area contributed by atoms with E-state index < -0.39 is 29.5 Å². The van der Waals surface area contributed by atoms with Crippen molar-refractivity contribution in [1.82, 2.24) is 9.97 Å². The van der Waals surface area contributed by atoms with Crippen LogP contribution >= 0.6 is 0 Å². The number of benzene rings is 1. The predicted octanol–water partition coefficient (Wildman–Crippen LogP) is 4.07. The van der Waals surface area contributed by atoms with Crippen molar-refractivity contribution in [3.05, 3.63) is 47.5 Å². The summed E-state index contributed by atoms with van der Waals surface area (Å²) in [5, 5.41) is 2.86. The van der Waals surface area contributed by atoms with E-state index in [1.165, 1.54) is 25.4 Å². The number of hydrogen-bond donors (Lipinski definition) is 2. The standard InChI is InChI=1S/C21H24F4N6O/c1-3-15(18(26)29-12(2)32)30-19-17(22)20(28-11-27-19)31-10-4-5-16(31)13-6-8-14(9-7-13)21(23,24)25/h6-9,11,15-16H,3-5,10H2,1-2H3,(H2,26,29,32)(H,27,28,30). The van der Waals surface area contributed by atoms with E-state index in [4.69, 9.17) is 5.73 Å². The fourth-order valence-corrected chi connectivity index (χ4v) is 3.73. The van der Waals surface area contributed by atoms with Crippen LogP contribution in [-0.4, -0.2) is 34.3 Å². The fraction of sp³-hybridized carbons (Fsp3) is 0.429. The number of alkyl halides is 3. The summed E-state index contributed by atoms with van der Waals surface area (Å²) in [6.45, 7) is 3.54. The van der Waals surface area contributed by atoms with Gasteiger partial charge in [0.05, 0.1) is 17.6 Å². The molecule has 32 heavy (non-hydrogen) atoms. The van der Waals surface area contributed by atoms with Crippen LogP contribution in [0.25, 0.3) is 0 Å². The quantitative estimate of drug-likeness (QED) is 0.390. The highest BCUT2D eigenvalue weighted by atomic mass is 19.4. The van der Waals surface area contributed by atoms with E-state index in [9.17, 15) is 18.0 Å². The van der Waals surface area contributed by atoms with Gasteiger partial charge in [0.2, 0.25) is 11.7 Å². The van der Waals surface area contributed by atoms with Gasteiger partial charge in [-0.2, -0.15) is 22.6 Å². The second-order valence-electron chi connectivity index (χ2n) is 7.49. The molecule has 11 heteroatoms. The van der Waals surface area contributed by atoms with Crippen LogP contribution < -0.4 is 16.0 Å². The summed E-state index contributed by atoms with van der Waals surface area (Å²) in [6.07, 6.45) is -1.41. The Morgan fingerprint density at radius 3 is 2.59 bits per heavy atom. The molecular weight excluding hydrogens is 428 g/mol. The minimum absolute atomic E-state index is 0.0170. The maximum Gasteiger partial charge on any atom is 0.416 e. The number of amidine groups is 1. The highest BCUT2D eigenvalue weighted by Gasteiger charge is 2.33. The predicted molar refractivity (Wildman–Crippen MR) is 113 cm³/mol. The average Bonchev–Trinajstić information content (AvgIpc) is 3.21. The molecule has 0 spiro atoms. The Morgan fingerprint density at radius 2 is 2.00 bits per heavy atom. The molecule has 1 aliphatic heterocycles. The number of hydrogen-bond acceptors (Lipinski definition) is 5. The summed E-state index contributed by atoms with van der Waals surface area (Å²) in [5.74, 6) is -1.21. The first kappa shape index (κ1) is 23.4. The van der Waals surface area contributed by atoms with Crippen molar-refractivity contribution < 1.29 is 22.4 Å². The Hall–Kier alpha value is -3.24. The van der Waals surface area contributed by atoms with Crippen molar-refractivity contribution in [3.63, 3.8) is 0 Å². The molecule has 0 radical (unpaired) electrons. The Bertz CT molecular complexity index is 993. The van der Waals surface area contributed by atoms with E-state index in [-0.39, 0.29) is 23.5 Å². The Morgan fingerprint density at radius 1 is 1.31 bits per heavy atom. The molecule has 2 atom stereocenters. The second kappa shape index (κ2) is 9.49. The lowest BCUT2D eigenvalue weighted by atomic mass is 10.0. The van der Waals surface area contributed by atoms with Crippen LogP contribution in [-0.2, 0) is 11.0 Å². The van der Waals surface area contributed by atoms with Gasteiger partial charge in [-0.1, -0.05) is 19.1 Å². The van der Waals surface area contributed by atoms with Gasteiger partial charge in [-0.25, -0.2) is 9.97 Å². The topological polar surface area (TPSA) is 96.5 Å². The van der Waals surface area contributed by atoms with E-state index in [0.717, 1.165) is 18.6 Å². The third-order valence-electron chi connectivity index (χ3n) is 5.28. The molecule has 2 aromatic rings. The van der Waals surface area contributed by atoms with E-state index in [1.54, 1.807) is 11.8 Å².